The summed E-state index contributed by atoms with van der Waals surface area (Å²) in [6.45, 7) is 4.13. The van der Waals surface area contributed by atoms with Gasteiger partial charge in [0.15, 0.2) is 0 Å². The van der Waals surface area contributed by atoms with Crippen molar-refractivity contribution in [3.8, 4) is 11.3 Å². The van der Waals surface area contributed by atoms with Crippen LogP contribution in [0, 0.1) is 0 Å². The Morgan fingerprint density at radius 2 is 1.88 bits per heavy atom. The Morgan fingerprint density at radius 3 is 2.66 bits per heavy atom. The largest absolute Gasteiger partial charge is 0.464 e. The summed E-state index contributed by atoms with van der Waals surface area (Å²) in [5.74, 6) is 0.402. The molecule has 1 saturated heterocycles. The molecule has 32 heavy (non-hydrogen) atoms. The van der Waals surface area contributed by atoms with Crippen LogP contribution in [0.1, 0.15) is 10.5 Å². The van der Waals surface area contributed by atoms with Crippen LogP contribution in [-0.4, -0.2) is 49.0 Å². The molecule has 0 unspecified atom stereocenters. The van der Waals surface area contributed by atoms with Gasteiger partial charge in [0.1, 0.15) is 11.5 Å². The van der Waals surface area contributed by atoms with E-state index in [2.05, 4.69) is 39.3 Å². The van der Waals surface area contributed by atoms with E-state index in [0.717, 1.165) is 42.5 Å². The van der Waals surface area contributed by atoms with Gasteiger partial charge in [0.05, 0.1) is 17.6 Å². The third-order valence-electron chi connectivity index (χ3n) is 5.91. The van der Waals surface area contributed by atoms with E-state index in [1.807, 2.05) is 30.3 Å². The molecule has 162 valence electrons. The minimum absolute atomic E-state index is 0.307. The highest BCUT2D eigenvalue weighted by molar-refractivity contribution is 6.06. The van der Waals surface area contributed by atoms with Crippen molar-refractivity contribution in [3.05, 3.63) is 72.8 Å². The maximum Gasteiger partial charge on any atom is 0.274 e. The molecule has 2 aromatic heterocycles. The predicted octanol–water partition coefficient (Wildman–Crippen LogP) is 4.08. The summed E-state index contributed by atoms with van der Waals surface area (Å²) in [4.78, 5) is 22.0. The molecule has 0 aliphatic carbocycles. The van der Waals surface area contributed by atoms with Gasteiger partial charge in [0.25, 0.3) is 5.91 Å². The first-order valence-corrected chi connectivity index (χ1v) is 10.6. The lowest BCUT2D eigenvalue weighted by molar-refractivity contribution is 0.102. The van der Waals surface area contributed by atoms with Crippen LogP contribution in [0.2, 0.25) is 0 Å². The number of nitrogens with zero attached hydrogens (tertiary/aromatic N) is 3. The maximum absolute atomic E-state index is 12.9. The molecule has 0 bridgehead atoms. The summed E-state index contributed by atoms with van der Waals surface area (Å²) in [7, 11) is 2.15. The Labute approximate surface area is 186 Å². The standard InChI is InChI=1S/C25H25N5O2/c1-29-8-10-30(11-9-29)20-6-4-17-14-23(27-16-19(17)13-20)25(31)28-22-15-18(5-7-21(22)26)24-3-2-12-32-24/h2-7,12-16H,8-11,26H2,1H3,(H,28,31). The second kappa shape index (κ2) is 8.36. The van der Waals surface area contributed by atoms with Crippen LogP contribution >= 0.6 is 0 Å². The number of amides is 1. The van der Waals surface area contributed by atoms with Crippen molar-refractivity contribution in [1.29, 1.82) is 0 Å². The van der Waals surface area contributed by atoms with E-state index in [1.165, 1.54) is 5.69 Å². The number of benzene rings is 2. The van der Waals surface area contributed by atoms with Crippen LogP contribution in [0.5, 0.6) is 0 Å². The lowest BCUT2D eigenvalue weighted by Gasteiger charge is -2.34. The summed E-state index contributed by atoms with van der Waals surface area (Å²) < 4.78 is 5.44. The van der Waals surface area contributed by atoms with Crippen LogP contribution in [0.3, 0.4) is 0 Å². The number of carbonyl (C=O) groups is 1. The van der Waals surface area contributed by atoms with Crippen LogP contribution < -0.4 is 16.0 Å². The molecular formula is C25H25N5O2. The van der Waals surface area contributed by atoms with Gasteiger partial charge in [0, 0.05) is 49.0 Å². The Bertz CT molecular complexity index is 1260. The van der Waals surface area contributed by atoms with E-state index in [0.29, 0.717) is 22.8 Å². The fourth-order valence-electron chi connectivity index (χ4n) is 3.96. The summed E-state index contributed by atoms with van der Waals surface area (Å²) in [6.07, 6.45) is 3.37. The minimum atomic E-state index is -0.307. The quantitative estimate of drug-likeness (QED) is 0.477. The van der Waals surface area contributed by atoms with Crippen molar-refractivity contribution in [1.82, 2.24) is 9.88 Å². The van der Waals surface area contributed by atoms with Gasteiger partial charge in [-0.3, -0.25) is 9.78 Å². The van der Waals surface area contributed by atoms with Crippen molar-refractivity contribution >= 4 is 33.7 Å². The molecule has 0 spiro atoms. The van der Waals surface area contributed by atoms with Gasteiger partial charge in [-0.2, -0.15) is 0 Å². The number of piperazine rings is 1. The fraction of sp³-hybridized carbons (Fsp3) is 0.200. The van der Waals surface area contributed by atoms with Crippen LogP contribution in [0.15, 0.2) is 71.5 Å². The number of aromatic nitrogens is 1. The SMILES string of the molecule is CN1CCN(c2ccc3cc(C(=O)Nc4cc(-c5ccco5)ccc4N)ncc3c2)CC1. The predicted molar refractivity (Wildman–Crippen MR) is 128 cm³/mol. The van der Waals surface area contributed by atoms with Crippen LogP contribution in [0.4, 0.5) is 17.1 Å². The normalized spacial score (nSPS) is 14.6. The molecule has 0 atom stereocenters. The second-order valence-corrected chi connectivity index (χ2v) is 8.12. The van der Waals surface area contributed by atoms with E-state index in [-0.39, 0.29) is 5.91 Å². The average molecular weight is 428 g/mol. The summed E-state index contributed by atoms with van der Waals surface area (Å²) in [5.41, 5.74) is 9.45. The fourth-order valence-corrected chi connectivity index (χ4v) is 3.96. The van der Waals surface area contributed by atoms with E-state index in [9.17, 15) is 4.79 Å². The van der Waals surface area contributed by atoms with Gasteiger partial charge in [-0.1, -0.05) is 6.07 Å². The molecule has 7 heteroatoms. The van der Waals surface area contributed by atoms with E-state index < -0.39 is 0 Å². The van der Waals surface area contributed by atoms with E-state index in [4.69, 9.17) is 10.2 Å². The van der Waals surface area contributed by atoms with Crippen molar-refractivity contribution in [2.45, 2.75) is 0 Å². The molecule has 5 rings (SSSR count). The molecule has 2 aromatic carbocycles. The van der Waals surface area contributed by atoms with Gasteiger partial charge in [0.2, 0.25) is 0 Å². The van der Waals surface area contributed by atoms with Crippen molar-refractivity contribution in [3.63, 3.8) is 0 Å². The Balaban J connectivity index is 1.36. The first-order chi connectivity index (χ1) is 15.6. The van der Waals surface area contributed by atoms with Crippen molar-refractivity contribution in [2.24, 2.45) is 0 Å². The monoisotopic (exact) mass is 427 g/mol. The topological polar surface area (TPSA) is 87.6 Å². The first kappa shape index (κ1) is 20.1. The highest BCUT2D eigenvalue weighted by atomic mass is 16.3. The number of nitrogen functional groups attached to an aromatic ring is 1. The summed E-state index contributed by atoms with van der Waals surface area (Å²) in [6, 6.07) is 17.2. The zero-order chi connectivity index (χ0) is 22.1. The first-order valence-electron chi connectivity index (χ1n) is 10.6. The average Bonchev–Trinajstić information content (AvgIpc) is 3.35. The molecule has 1 amide bonds. The van der Waals surface area contributed by atoms with Gasteiger partial charge >= 0.3 is 0 Å². The molecular weight excluding hydrogens is 402 g/mol. The number of hydrogen-bond acceptors (Lipinski definition) is 6. The molecule has 1 fully saturated rings. The Kier molecular flexibility index (Phi) is 5.25. The molecule has 3 heterocycles. The van der Waals surface area contributed by atoms with Gasteiger partial charge in [-0.05, 0) is 61.0 Å². The highest BCUT2D eigenvalue weighted by Gasteiger charge is 2.16. The number of pyridine rings is 1. The lowest BCUT2D eigenvalue weighted by atomic mass is 10.1. The Hall–Kier alpha value is -3.84. The third kappa shape index (κ3) is 4.02. The minimum Gasteiger partial charge on any atom is -0.464 e. The second-order valence-electron chi connectivity index (χ2n) is 8.12. The van der Waals surface area contributed by atoms with Crippen molar-refractivity contribution < 1.29 is 9.21 Å². The zero-order valence-corrected chi connectivity index (χ0v) is 17.9. The van der Waals surface area contributed by atoms with Gasteiger partial charge in [-0.25, -0.2) is 0 Å². The maximum atomic E-state index is 12.9. The molecule has 0 radical (unpaired) electrons. The number of furan rings is 1. The number of rotatable bonds is 4. The van der Waals surface area contributed by atoms with Crippen molar-refractivity contribution in [2.75, 3.05) is 49.2 Å². The molecule has 7 nitrogen and oxygen atoms in total. The molecule has 4 aromatic rings. The van der Waals surface area contributed by atoms with Crippen LogP contribution in [0.25, 0.3) is 22.1 Å². The molecule has 1 aliphatic heterocycles. The summed E-state index contributed by atoms with van der Waals surface area (Å²) in [5, 5.41) is 4.86. The van der Waals surface area contributed by atoms with Gasteiger partial charge in [-0.15, -0.1) is 0 Å². The third-order valence-corrected chi connectivity index (χ3v) is 5.91. The molecule has 0 saturated carbocycles. The van der Waals surface area contributed by atoms with E-state index >= 15 is 0 Å². The van der Waals surface area contributed by atoms with Crippen LogP contribution in [-0.2, 0) is 0 Å². The number of carbonyl (C=O) groups excluding carboxylic acids is 1. The smallest absolute Gasteiger partial charge is 0.274 e. The zero-order valence-electron chi connectivity index (χ0n) is 17.9. The molecule has 1 aliphatic rings. The number of likely N-dealkylation sites (N-methyl/N-ethyl adjacent to an activating group) is 1. The highest BCUT2D eigenvalue weighted by Crippen LogP contribution is 2.28. The lowest BCUT2D eigenvalue weighted by Crippen LogP contribution is -2.44. The molecule has 3 N–H and O–H groups in total. The van der Waals surface area contributed by atoms with E-state index in [1.54, 1.807) is 24.6 Å². The number of hydrogen-bond donors (Lipinski definition) is 2. The number of anilines is 3. The summed E-state index contributed by atoms with van der Waals surface area (Å²) >= 11 is 0. The Morgan fingerprint density at radius 1 is 1.03 bits per heavy atom. The number of nitrogens with two attached hydrogens (primary N) is 1. The number of nitrogens with one attached hydrogen (secondary N) is 1. The van der Waals surface area contributed by atoms with Gasteiger partial charge < -0.3 is 25.3 Å². The number of fused-ring (bicyclic) bond motifs is 1.